The third-order valence-electron chi connectivity index (χ3n) is 3.28. The lowest BCUT2D eigenvalue weighted by atomic mass is 10.0. The van der Waals surface area contributed by atoms with Gasteiger partial charge in [-0.3, -0.25) is 0 Å². The van der Waals surface area contributed by atoms with Crippen molar-refractivity contribution in [2.24, 2.45) is 0 Å². The largest absolute Gasteiger partial charge is 0.507 e. The Labute approximate surface area is 117 Å². The van der Waals surface area contributed by atoms with Crippen molar-refractivity contribution < 1.29 is 24.2 Å². The van der Waals surface area contributed by atoms with Crippen molar-refractivity contribution in [1.82, 2.24) is 0 Å². The Morgan fingerprint density at radius 2 is 1.95 bits per heavy atom. The summed E-state index contributed by atoms with van der Waals surface area (Å²) in [4.78, 5) is 23.3. The third kappa shape index (κ3) is 1.80. The molecule has 0 aliphatic carbocycles. The molecule has 0 unspecified atom stereocenters. The number of phenols is 1. The predicted octanol–water partition coefficient (Wildman–Crippen LogP) is 2.36. The second-order valence-corrected chi connectivity index (χ2v) is 4.41. The van der Waals surface area contributed by atoms with Crippen molar-refractivity contribution in [2.45, 2.75) is 0 Å². The highest BCUT2D eigenvalue weighted by Gasteiger charge is 2.20. The molecular formula is C15H10O6. The summed E-state index contributed by atoms with van der Waals surface area (Å²) in [6, 6.07) is 7.61. The van der Waals surface area contributed by atoms with Crippen LogP contribution in [0, 0.1) is 0 Å². The maximum atomic E-state index is 12.1. The number of hydrogen-bond acceptors (Lipinski definition) is 5. The number of carboxylic acid groups (broad SMARTS) is 1. The molecule has 0 amide bonds. The Bertz CT molecular complexity index is 938. The zero-order valence-electron chi connectivity index (χ0n) is 10.9. The first-order chi connectivity index (χ1) is 10.0. The van der Waals surface area contributed by atoms with Gasteiger partial charge in [-0.25, -0.2) is 9.59 Å². The summed E-state index contributed by atoms with van der Waals surface area (Å²) in [5, 5.41) is 20.0. The lowest BCUT2D eigenvalue weighted by Gasteiger charge is -2.09. The van der Waals surface area contributed by atoms with Crippen LogP contribution in [0.3, 0.4) is 0 Å². The first kappa shape index (κ1) is 13.0. The van der Waals surface area contributed by atoms with Gasteiger partial charge in [0, 0.05) is 10.8 Å². The van der Waals surface area contributed by atoms with Crippen LogP contribution in [-0.2, 0) is 0 Å². The highest BCUT2D eigenvalue weighted by atomic mass is 16.5. The van der Waals surface area contributed by atoms with E-state index >= 15 is 0 Å². The van der Waals surface area contributed by atoms with E-state index in [4.69, 9.17) is 9.15 Å². The zero-order chi connectivity index (χ0) is 15.1. The van der Waals surface area contributed by atoms with Crippen molar-refractivity contribution in [3.05, 3.63) is 46.3 Å². The van der Waals surface area contributed by atoms with Crippen LogP contribution in [-0.4, -0.2) is 23.3 Å². The van der Waals surface area contributed by atoms with E-state index in [1.807, 2.05) is 0 Å². The zero-order valence-corrected chi connectivity index (χ0v) is 10.9. The monoisotopic (exact) mass is 286 g/mol. The van der Waals surface area contributed by atoms with E-state index in [1.54, 1.807) is 18.2 Å². The molecule has 3 rings (SSSR count). The number of rotatable bonds is 2. The van der Waals surface area contributed by atoms with Crippen molar-refractivity contribution in [2.75, 3.05) is 7.11 Å². The molecule has 0 atom stereocenters. The summed E-state index contributed by atoms with van der Waals surface area (Å²) >= 11 is 0. The predicted molar refractivity (Wildman–Crippen MR) is 75.2 cm³/mol. The molecule has 0 saturated heterocycles. The van der Waals surface area contributed by atoms with Gasteiger partial charge in [0.05, 0.1) is 12.5 Å². The van der Waals surface area contributed by atoms with Crippen molar-refractivity contribution >= 4 is 27.7 Å². The van der Waals surface area contributed by atoms with Crippen molar-refractivity contribution in [3.8, 4) is 11.5 Å². The molecule has 1 heterocycles. The lowest BCUT2D eigenvalue weighted by Crippen LogP contribution is -2.05. The SMILES string of the molecule is COc1cccc2c(=O)oc3c(C(=O)O)c(O)ccc3c12. The van der Waals surface area contributed by atoms with Gasteiger partial charge < -0.3 is 19.4 Å². The standard InChI is InChI=1S/C15H10O6/c1-20-10-4-2-3-8-11(10)7-5-6-9(16)12(14(17)18)13(7)21-15(8)19/h2-6,16H,1H3,(H,17,18). The molecule has 0 saturated carbocycles. The molecule has 106 valence electrons. The van der Waals surface area contributed by atoms with Crippen LogP contribution in [0.25, 0.3) is 21.7 Å². The van der Waals surface area contributed by atoms with Crippen LogP contribution < -0.4 is 10.4 Å². The van der Waals surface area contributed by atoms with Crippen LogP contribution in [0.4, 0.5) is 0 Å². The molecule has 0 fully saturated rings. The topological polar surface area (TPSA) is 97.0 Å². The number of fused-ring (bicyclic) bond motifs is 3. The Balaban J connectivity index is 2.65. The third-order valence-corrected chi connectivity index (χ3v) is 3.28. The van der Waals surface area contributed by atoms with Crippen molar-refractivity contribution in [1.29, 1.82) is 0 Å². The van der Waals surface area contributed by atoms with Gasteiger partial charge >= 0.3 is 11.6 Å². The fourth-order valence-electron chi connectivity index (χ4n) is 2.38. The van der Waals surface area contributed by atoms with Crippen LogP contribution in [0.2, 0.25) is 0 Å². The summed E-state index contributed by atoms with van der Waals surface area (Å²) in [5.74, 6) is -1.42. The fraction of sp³-hybridized carbons (Fsp3) is 0.0667. The minimum atomic E-state index is -1.38. The molecule has 6 heteroatoms. The molecule has 1 aromatic heterocycles. The molecule has 6 nitrogen and oxygen atoms in total. The van der Waals surface area contributed by atoms with Gasteiger partial charge in [-0.15, -0.1) is 0 Å². The summed E-state index contributed by atoms with van der Waals surface area (Å²) in [5.41, 5.74) is -1.31. The van der Waals surface area contributed by atoms with Gasteiger partial charge in [0.15, 0.2) is 5.58 Å². The second-order valence-electron chi connectivity index (χ2n) is 4.41. The highest BCUT2D eigenvalue weighted by Crippen LogP contribution is 2.35. The van der Waals surface area contributed by atoms with Gasteiger partial charge in [-0.2, -0.15) is 0 Å². The molecule has 0 aliphatic heterocycles. The molecule has 0 spiro atoms. The Morgan fingerprint density at radius 1 is 1.19 bits per heavy atom. The number of carbonyl (C=O) groups is 1. The number of benzene rings is 2. The van der Waals surface area contributed by atoms with Crippen LogP contribution in [0.5, 0.6) is 11.5 Å². The van der Waals surface area contributed by atoms with E-state index in [0.29, 0.717) is 16.5 Å². The molecule has 0 aliphatic rings. The van der Waals surface area contributed by atoms with E-state index in [9.17, 15) is 19.8 Å². The minimum Gasteiger partial charge on any atom is -0.507 e. The minimum absolute atomic E-state index is 0.176. The lowest BCUT2D eigenvalue weighted by molar-refractivity contribution is 0.0694. The smallest absolute Gasteiger partial charge is 0.344 e. The van der Waals surface area contributed by atoms with E-state index in [2.05, 4.69) is 0 Å². The number of ether oxygens (including phenoxy) is 1. The maximum Gasteiger partial charge on any atom is 0.344 e. The number of carboxylic acids is 1. The summed E-state index contributed by atoms with van der Waals surface area (Å²) < 4.78 is 10.3. The molecule has 2 aromatic carbocycles. The fourth-order valence-corrected chi connectivity index (χ4v) is 2.38. The van der Waals surface area contributed by atoms with Crippen molar-refractivity contribution in [3.63, 3.8) is 0 Å². The Hall–Kier alpha value is -3.02. The summed E-state index contributed by atoms with van der Waals surface area (Å²) in [6.07, 6.45) is 0. The van der Waals surface area contributed by atoms with E-state index in [-0.39, 0.29) is 11.0 Å². The first-order valence-electron chi connectivity index (χ1n) is 6.03. The molecule has 0 radical (unpaired) electrons. The maximum absolute atomic E-state index is 12.1. The normalized spacial score (nSPS) is 10.9. The number of aromatic hydroxyl groups is 1. The molecule has 21 heavy (non-hydrogen) atoms. The summed E-state index contributed by atoms with van der Waals surface area (Å²) in [6.45, 7) is 0. The van der Waals surface area contributed by atoms with Crippen LogP contribution >= 0.6 is 0 Å². The molecule has 2 N–H and O–H groups in total. The quantitative estimate of drug-likeness (QED) is 0.554. The molecular weight excluding hydrogens is 276 g/mol. The first-order valence-corrected chi connectivity index (χ1v) is 6.03. The summed E-state index contributed by atoms with van der Waals surface area (Å²) in [7, 11) is 1.45. The average molecular weight is 286 g/mol. The van der Waals surface area contributed by atoms with Gasteiger partial charge in [-0.1, -0.05) is 6.07 Å². The Morgan fingerprint density at radius 3 is 2.62 bits per heavy atom. The molecule has 3 aromatic rings. The van der Waals surface area contributed by atoms with Gasteiger partial charge in [0.2, 0.25) is 0 Å². The van der Waals surface area contributed by atoms with Gasteiger partial charge in [0.25, 0.3) is 0 Å². The number of methoxy groups -OCH3 is 1. The highest BCUT2D eigenvalue weighted by molar-refractivity contribution is 6.13. The molecule has 0 bridgehead atoms. The van der Waals surface area contributed by atoms with Crippen LogP contribution in [0.1, 0.15) is 10.4 Å². The van der Waals surface area contributed by atoms with E-state index in [0.717, 1.165) is 0 Å². The Kier molecular flexibility index (Phi) is 2.79. The van der Waals surface area contributed by atoms with Gasteiger partial charge in [0.1, 0.15) is 17.1 Å². The number of hydrogen-bond donors (Lipinski definition) is 2. The van der Waals surface area contributed by atoms with E-state index < -0.39 is 22.9 Å². The van der Waals surface area contributed by atoms with Gasteiger partial charge in [-0.05, 0) is 24.3 Å². The second kappa shape index (κ2) is 4.52. The van der Waals surface area contributed by atoms with Crippen LogP contribution in [0.15, 0.2) is 39.5 Å². The van der Waals surface area contributed by atoms with E-state index in [1.165, 1.54) is 19.2 Å². The number of aromatic carboxylic acids is 1. The average Bonchev–Trinajstić information content (AvgIpc) is 2.46.